The van der Waals surface area contributed by atoms with Crippen molar-refractivity contribution in [2.45, 2.75) is 20.0 Å². The number of ether oxygens (including phenoxy) is 3. The normalized spacial score (nSPS) is 12.6. The summed E-state index contributed by atoms with van der Waals surface area (Å²) in [6.07, 6.45) is 0.231. The van der Waals surface area contributed by atoms with Crippen LogP contribution in [0.1, 0.15) is 16.8 Å². The van der Waals surface area contributed by atoms with Crippen molar-refractivity contribution < 1.29 is 23.5 Å². The second-order valence-corrected chi connectivity index (χ2v) is 6.37. The highest BCUT2D eigenvalue weighted by molar-refractivity contribution is 5.72. The summed E-state index contributed by atoms with van der Waals surface area (Å²) >= 11 is 0. The molecule has 3 aromatic rings. The molecule has 0 fully saturated rings. The van der Waals surface area contributed by atoms with Gasteiger partial charge in [0.25, 0.3) is 0 Å². The van der Waals surface area contributed by atoms with E-state index in [2.05, 4.69) is 5.16 Å². The molecule has 2 heterocycles. The quantitative estimate of drug-likeness (QED) is 0.642. The van der Waals surface area contributed by atoms with Gasteiger partial charge < -0.3 is 18.7 Å². The lowest BCUT2D eigenvalue weighted by Crippen LogP contribution is -2.15. The Morgan fingerprint density at radius 3 is 2.78 bits per heavy atom. The van der Waals surface area contributed by atoms with E-state index in [9.17, 15) is 4.79 Å². The minimum atomic E-state index is -0.301. The van der Waals surface area contributed by atoms with Crippen molar-refractivity contribution in [2.75, 3.05) is 13.2 Å². The summed E-state index contributed by atoms with van der Waals surface area (Å²) in [5, 5.41) is 3.97. The standard InChI is InChI=1S/C21H19NO5/c1-14-3-2-4-15(9-14)10-21(23)26-13-17-12-19(27-22-17)16-5-6-18-20(11-16)25-8-7-24-18/h2-6,9,11-12H,7-8,10,13H2,1H3. The SMILES string of the molecule is Cc1cccc(CC(=O)OCc2cc(-c3ccc4c(c3)OCCO4)on2)c1. The van der Waals surface area contributed by atoms with E-state index in [1.807, 2.05) is 49.4 Å². The molecule has 138 valence electrons. The highest BCUT2D eigenvalue weighted by Gasteiger charge is 2.15. The lowest BCUT2D eigenvalue weighted by molar-refractivity contribution is -0.144. The van der Waals surface area contributed by atoms with E-state index in [4.69, 9.17) is 18.7 Å². The number of fused-ring (bicyclic) bond motifs is 1. The molecule has 0 unspecified atom stereocenters. The van der Waals surface area contributed by atoms with Crippen molar-refractivity contribution in [2.24, 2.45) is 0 Å². The highest BCUT2D eigenvalue weighted by atomic mass is 16.6. The number of nitrogens with zero attached hydrogens (tertiary/aromatic N) is 1. The van der Waals surface area contributed by atoms with Crippen molar-refractivity contribution >= 4 is 5.97 Å². The van der Waals surface area contributed by atoms with E-state index in [-0.39, 0.29) is 19.0 Å². The highest BCUT2D eigenvalue weighted by Crippen LogP contribution is 2.34. The van der Waals surface area contributed by atoms with Crippen LogP contribution in [0.2, 0.25) is 0 Å². The minimum absolute atomic E-state index is 0.0682. The van der Waals surface area contributed by atoms with Gasteiger partial charge in [0.1, 0.15) is 25.5 Å². The third-order valence-corrected chi connectivity index (χ3v) is 4.20. The molecule has 6 nitrogen and oxygen atoms in total. The van der Waals surface area contributed by atoms with Crippen LogP contribution in [0.5, 0.6) is 11.5 Å². The average molecular weight is 365 g/mol. The average Bonchev–Trinajstić information content (AvgIpc) is 3.15. The van der Waals surface area contributed by atoms with Gasteiger partial charge in [0.05, 0.1) is 6.42 Å². The molecule has 0 saturated carbocycles. The van der Waals surface area contributed by atoms with E-state index in [0.29, 0.717) is 30.4 Å². The van der Waals surface area contributed by atoms with Crippen LogP contribution in [0.25, 0.3) is 11.3 Å². The Kier molecular flexibility index (Phi) is 4.78. The van der Waals surface area contributed by atoms with E-state index in [0.717, 1.165) is 22.4 Å². The molecule has 0 saturated heterocycles. The first kappa shape index (κ1) is 17.1. The smallest absolute Gasteiger partial charge is 0.310 e. The van der Waals surface area contributed by atoms with Crippen molar-refractivity contribution in [3.63, 3.8) is 0 Å². The zero-order valence-electron chi connectivity index (χ0n) is 14.9. The molecule has 4 rings (SSSR count). The van der Waals surface area contributed by atoms with E-state index in [1.54, 1.807) is 6.07 Å². The van der Waals surface area contributed by atoms with Gasteiger partial charge >= 0.3 is 5.97 Å². The van der Waals surface area contributed by atoms with Crippen molar-refractivity contribution in [1.82, 2.24) is 5.16 Å². The Hall–Kier alpha value is -3.28. The molecule has 1 aliphatic heterocycles. The molecule has 0 aliphatic carbocycles. The second kappa shape index (κ2) is 7.53. The maximum atomic E-state index is 12.0. The first-order chi connectivity index (χ1) is 13.2. The summed E-state index contributed by atoms with van der Waals surface area (Å²) in [5.74, 6) is 1.68. The lowest BCUT2D eigenvalue weighted by atomic mass is 10.1. The van der Waals surface area contributed by atoms with Gasteiger partial charge in [-0.3, -0.25) is 4.79 Å². The van der Waals surface area contributed by atoms with Crippen molar-refractivity contribution in [3.05, 3.63) is 65.4 Å². The lowest BCUT2D eigenvalue weighted by Gasteiger charge is -2.18. The molecular weight excluding hydrogens is 346 g/mol. The van der Waals surface area contributed by atoms with Gasteiger partial charge in [0, 0.05) is 11.6 Å². The van der Waals surface area contributed by atoms with Crippen LogP contribution in [0.15, 0.2) is 53.1 Å². The van der Waals surface area contributed by atoms with Gasteiger partial charge in [-0.1, -0.05) is 35.0 Å². The van der Waals surface area contributed by atoms with Crippen molar-refractivity contribution in [3.8, 4) is 22.8 Å². The first-order valence-electron chi connectivity index (χ1n) is 8.74. The summed E-state index contributed by atoms with van der Waals surface area (Å²) < 4.78 is 21.8. The molecule has 0 atom stereocenters. The number of carbonyl (C=O) groups excluding carboxylic acids is 1. The monoisotopic (exact) mass is 365 g/mol. The van der Waals surface area contributed by atoms with Gasteiger partial charge in [-0.25, -0.2) is 0 Å². The maximum absolute atomic E-state index is 12.0. The fourth-order valence-corrected chi connectivity index (χ4v) is 2.91. The van der Waals surface area contributed by atoms with E-state index < -0.39 is 0 Å². The van der Waals surface area contributed by atoms with Crippen molar-refractivity contribution in [1.29, 1.82) is 0 Å². The molecule has 0 N–H and O–H groups in total. The summed E-state index contributed by atoms with van der Waals surface area (Å²) in [4.78, 5) is 12.0. The van der Waals surface area contributed by atoms with Crippen LogP contribution in [0, 0.1) is 6.92 Å². The number of esters is 1. The molecule has 0 bridgehead atoms. The van der Waals surface area contributed by atoms with Crippen LogP contribution in [0.3, 0.4) is 0 Å². The molecule has 0 spiro atoms. The van der Waals surface area contributed by atoms with Gasteiger partial charge in [-0.15, -0.1) is 0 Å². The second-order valence-electron chi connectivity index (χ2n) is 6.37. The largest absolute Gasteiger partial charge is 0.486 e. The van der Waals surface area contributed by atoms with Gasteiger partial charge in [0.2, 0.25) is 0 Å². The Labute approximate surface area is 156 Å². The van der Waals surface area contributed by atoms with Gasteiger partial charge in [-0.2, -0.15) is 0 Å². The molecule has 0 radical (unpaired) electrons. The predicted octanol–water partition coefficient (Wildman–Crippen LogP) is 3.71. The van der Waals surface area contributed by atoms with E-state index >= 15 is 0 Å². The third kappa shape index (κ3) is 4.11. The van der Waals surface area contributed by atoms with Gasteiger partial charge in [0.15, 0.2) is 17.3 Å². The molecule has 1 aromatic heterocycles. The maximum Gasteiger partial charge on any atom is 0.310 e. The molecular formula is C21H19NO5. The predicted molar refractivity (Wildman–Crippen MR) is 97.6 cm³/mol. The van der Waals surface area contributed by atoms with Crippen LogP contribution < -0.4 is 9.47 Å². The van der Waals surface area contributed by atoms with E-state index in [1.165, 1.54) is 0 Å². The zero-order chi connectivity index (χ0) is 18.6. The fraction of sp³-hybridized carbons (Fsp3) is 0.238. The number of carbonyl (C=O) groups is 1. The number of hydrogen-bond donors (Lipinski definition) is 0. The van der Waals surface area contributed by atoms with Gasteiger partial charge in [-0.05, 0) is 30.7 Å². The Morgan fingerprint density at radius 2 is 1.93 bits per heavy atom. The Bertz CT molecular complexity index is 963. The molecule has 1 aliphatic rings. The number of rotatable bonds is 5. The third-order valence-electron chi connectivity index (χ3n) is 4.20. The number of aromatic nitrogens is 1. The minimum Gasteiger partial charge on any atom is -0.486 e. The summed E-state index contributed by atoms with van der Waals surface area (Å²) in [6.45, 7) is 3.13. The Morgan fingerprint density at radius 1 is 1.07 bits per heavy atom. The number of benzene rings is 2. The molecule has 2 aromatic carbocycles. The number of aryl methyl sites for hydroxylation is 1. The van der Waals surface area contributed by atoms with Crippen LogP contribution in [-0.4, -0.2) is 24.3 Å². The fourth-order valence-electron chi connectivity index (χ4n) is 2.91. The first-order valence-corrected chi connectivity index (χ1v) is 8.74. The topological polar surface area (TPSA) is 70.8 Å². The van der Waals surface area contributed by atoms with Crippen LogP contribution in [0.4, 0.5) is 0 Å². The molecule has 0 amide bonds. The summed E-state index contributed by atoms with van der Waals surface area (Å²) in [5.41, 5.74) is 3.42. The Balaban J connectivity index is 1.37. The molecule has 27 heavy (non-hydrogen) atoms. The zero-order valence-corrected chi connectivity index (χ0v) is 14.9. The summed E-state index contributed by atoms with van der Waals surface area (Å²) in [7, 11) is 0. The number of hydrogen-bond acceptors (Lipinski definition) is 6. The summed E-state index contributed by atoms with van der Waals surface area (Å²) in [6, 6.07) is 15.1. The molecule has 6 heteroatoms. The van der Waals surface area contributed by atoms with Crippen LogP contribution >= 0.6 is 0 Å². The van der Waals surface area contributed by atoms with Crippen LogP contribution in [-0.2, 0) is 22.6 Å².